The first kappa shape index (κ1) is 24.3. The van der Waals surface area contributed by atoms with Gasteiger partial charge in [-0.05, 0) is 49.0 Å². The van der Waals surface area contributed by atoms with Crippen molar-refractivity contribution in [2.24, 2.45) is 0 Å². The maximum Gasteiger partial charge on any atom is 0.348 e. The van der Waals surface area contributed by atoms with E-state index in [0.29, 0.717) is 5.56 Å². The molecule has 0 saturated heterocycles. The second-order valence-electron chi connectivity index (χ2n) is 7.90. The smallest absolute Gasteiger partial charge is 0.348 e. The quantitative estimate of drug-likeness (QED) is 0.460. The molecule has 2 aromatic rings. The highest BCUT2D eigenvalue weighted by atomic mass is 32.1. The van der Waals surface area contributed by atoms with Crippen LogP contribution < -0.4 is 5.32 Å². The van der Waals surface area contributed by atoms with Crippen LogP contribution in [0.1, 0.15) is 71.3 Å². The first-order valence-corrected chi connectivity index (χ1v) is 11.0. The first-order valence-electron chi connectivity index (χ1n) is 10.2. The molecule has 1 aromatic carbocycles. The molecule has 1 N–H and O–H groups in total. The number of nitrogens with one attached hydrogen (secondary N) is 1. The SMILES string of the molecule is CCOC(=O)c1sc(NC(=O)C=Cc2ccc(C(C)(C)C)cc2)c(C(=O)OCC)c1C. The van der Waals surface area contributed by atoms with Gasteiger partial charge >= 0.3 is 11.9 Å². The molecular formula is C24H29NO5S. The molecule has 0 radical (unpaired) electrons. The molecule has 1 amide bonds. The lowest BCUT2D eigenvalue weighted by molar-refractivity contribution is -0.111. The number of carbonyl (C=O) groups is 3. The van der Waals surface area contributed by atoms with Crippen LogP contribution in [0, 0.1) is 6.92 Å². The van der Waals surface area contributed by atoms with E-state index >= 15 is 0 Å². The van der Waals surface area contributed by atoms with Gasteiger partial charge in [0.2, 0.25) is 5.91 Å². The van der Waals surface area contributed by atoms with Crippen molar-refractivity contribution in [1.29, 1.82) is 0 Å². The van der Waals surface area contributed by atoms with E-state index in [1.54, 1.807) is 26.8 Å². The fourth-order valence-corrected chi connectivity index (χ4v) is 3.95. The van der Waals surface area contributed by atoms with Crippen molar-refractivity contribution in [3.05, 3.63) is 57.5 Å². The van der Waals surface area contributed by atoms with Crippen LogP contribution in [0.15, 0.2) is 30.3 Å². The summed E-state index contributed by atoms with van der Waals surface area (Å²) in [4.78, 5) is 37.4. The molecule has 0 fully saturated rings. The van der Waals surface area contributed by atoms with E-state index < -0.39 is 17.8 Å². The summed E-state index contributed by atoms with van der Waals surface area (Å²) in [5, 5.41) is 2.96. The van der Waals surface area contributed by atoms with E-state index in [2.05, 4.69) is 26.1 Å². The third-order valence-electron chi connectivity index (χ3n) is 4.53. The standard InChI is InChI=1S/C24H29NO5S/c1-7-29-22(27)19-15(3)20(23(28)30-8-2)31-21(19)25-18(26)14-11-16-9-12-17(13-10-16)24(4,5)6/h9-14H,7-8H2,1-6H3,(H,25,26). The zero-order valence-corrected chi connectivity index (χ0v) is 19.6. The molecule has 1 heterocycles. The van der Waals surface area contributed by atoms with E-state index in [-0.39, 0.29) is 34.1 Å². The molecule has 0 saturated carbocycles. The summed E-state index contributed by atoms with van der Waals surface area (Å²) in [7, 11) is 0. The minimum atomic E-state index is -0.594. The maximum atomic E-state index is 12.5. The number of hydrogen-bond donors (Lipinski definition) is 1. The Balaban J connectivity index is 2.24. The third kappa shape index (κ3) is 6.28. The summed E-state index contributed by atoms with van der Waals surface area (Å²) in [6.45, 7) is 11.8. The van der Waals surface area contributed by atoms with Gasteiger partial charge in [-0.25, -0.2) is 9.59 Å². The number of benzene rings is 1. The van der Waals surface area contributed by atoms with Crippen molar-refractivity contribution in [1.82, 2.24) is 0 Å². The van der Waals surface area contributed by atoms with Gasteiger partial charge in [0, 0.05) is 6.08 Å². The summed E-state index contributed by atoms with van der Waals surface area (Å²) in [6, 6.07) is 7.96. The minimum absolute atomic E-state index is 0.0524. The van der Waals surface area contributed by atoms with Crippen LogP contribution in [0.2, 0.25) is 0 Å². The zero-order valence-electron chi connectivity index (χ0n) is 18.8. The second-order valence-corrected chi connectivity index (χ2v) is 8.92. The van der Waals surface area contributed by atoms with Crippen molar-refractivity contribution in [2.45, 2.75) is 47.0 Å². The molecule has 1 aromatic heterocycles. The third-order valence-corrected chi connectivity index (χ3v) is 5.72. The van der Waals surface area contributed by atoms with Crippen molar-refractivity contribution in [3.63, 3.8) is 0 Å². The Labute approximate surface area is 187 Å². The van der Waals surface area contributed by atoms with Crippen molar-refractivity contribution in [3.8, 4) is 0 Å². The van der Waals surface area contributed by atoms with Gasteiger partial charge in [-0.1, -0.05) is 45.0 Å². The van der Waals surface area contributed by atoms with Crippen LogP contribution in [0.5, 0.6) is 0 Å². The van der Waals surface area contributed by atoms with Crippen LogP contribution in [0.4, 0.5) is 5.00 Å². The summed E-state index contributed by atoms with van der Waals surface area (Å²) in [6.07, 6.45) is 3.08. The molecule has 0 aliphatic heterocycles. The Bertz CT molecular complexity index is 981. The van der Waals surface area contributed by atoms with E-state index in [0.717, 1.165) is 16.9 Å². The molecule has 0 bridgehead atoms. The lowest BCUT2D eigenvalue weighted by atomic mass is 9.87. The van der Waals surface area contributed by atoms with Gasteiger partial charge in [-0.15, -0.1) is 11.3 Å². The average Bonchev–Trinajstić information content (AvgIpc) is 3.02. The lowest BCUT2D eigenvalue weighted by Gasteiger charge is -2.18. The topological polar surface area (TPSA) is 81.7 Å². The molecular weight excluding hydrogens is 414 g/mol. The maximum absolute atomic E-state index is 12.5. The van der Waals surface area contributed by atoms with Crippen LogP contribution in [-0.2, 0) is 19.7 Å². The molecule has 0 aliphatic carbocycles. The summed E-state index contributed by atoms with van der Waals surface area (Å²) in [5.41, 5.74) is 2.73. The molecule has 0 spiro atoms. The first-order chi connectivity index (χ1) is 14.6. The van der Waals surface area contributed by atoms with E-state index in [1.165, 1.54) is 11.6 Å². The number of rotatable bonds is 7. The van der Waals surface area contributed by atoms with E-state index in [1.807, 2.05) is 24.3 Å². The number of anilines is 1. The molecule has 31 heavy (non-hydrogen) atoms. The summed E-state index contributed by atoms with van der Waals surface area (Å²) in [5.74, 6) is -1.54. The molecule has 166 valence electrons. The molecule has 0 atom stereocenters. The monoisotopic (exact) mass is 443 g/mol. The lowest BCUT2D eigenvalue weighted by Crippen LogP contribution is -2.13. The van der Waals surface area contributed by atoms with Crippen molar-refractivity contribution >= 4 is 40.3 Å². The van der Waals surface area contributed by atoms with Gasteiger partial charge in [-0.2, -0.15) is 0 Å². The van der Waals surface area contributed by atoms with Crippen LogP contribution in [-0.4, -0.2) is 31.1 Å². The number of hydrogen-bond acceptors (Lipinski definition) is 6. The molecule has 2 rings (SSSR count). The molecule has 0 aliphatic rings. The Morgan fingerprint density at radius 3 is 2.13 bits per heavy atom. The molecule has 7 heteroatoms. The minimum Gasteiger partial charge on any atom is -0.462 e. The zero-order chi connectivity index (χ0) is 23.2. The van der Waals surface area contributed by atoms with Crippen molar-refractivity contribution < 1.29 is 23.9 Å². The average molecular weight is 444 g/mol. The summed E-state index contributed by atoms with van der Waals surface area (Å²) < 4.78 is 10.2. The molecule has 0 unspecified atom stereocenters. The Morgan fingerprint density at radius 2 is 1.58 bits per heavy atom. The molecule has 6 nitrogen and oxygen atoms in total. The highest BCUT2D eigenvalue weighted by Gasteiger charge is 2.27. The Kier molecular flexibility index (Phi) is 8.16. The number of esters is 2. The normalized spacial score (nSPS) is 11.4. The van der Waals surface area contributed by atoms with Gasteiger partial charge in [0.05, 0.1) is 18.8 Å². The van der Waals surface area contributed by atoms with E-state index in [9.17, 15) is 14.4 Å². The fraction of sp³-hybridized carbons (Fsp3) is 0.375. The number of carbonyl (C=O) groups excluding carboxylic acids is 3. The van der Waals surface area contributed by atoms with Crippen molar-refractivity contribution in [2.75, 3.05) is 18.5 Å². The summed E-state index contributed by atoms with van der Waals surface area (Å²) >= 11 is 1.00. The highest BCUT2D eigenvalue weighted by molar-refractivity contribution is 7.18. The highest BCUT2D eigenvalue weighted by Crippen LogP contribution is 2.34. The number of amides is 1. The Hall–Kier alpha value is -2.93. The van der Waals surface area contributed by atoms with Gasteiger partial charge in [0.15, 0.2) is 0 Å². The van der Waals surface area contributed by atoms with Gasteiger partial charge in [-0.3, -0.25) is 4.79 Å². The van der Waals surface area contributed by atoms with Crippen LogP contribution in [0.3, 0.4) is 0 Å². The number of thiophene rings is 1. The van der Waals surface area contributed by atoms with E-state index in [4.69, 9.17) is 9.47 Å². The van der Waals surface area contributed by atoms with Crippen LogP contribution >= 0.6 is 11.3 Å². The fourth-order valence-electron chi connectivity index (χ4n) is 2.86. The van der Waals surface area contributed by atoms with Gasteiger partial charge < -0.3 is 14.8 Å². The predicted octanol–water partition coefficient (Wildman–Crippen LogP) is 5.36. The second kappa shape index (κ2) is 10.4. The van der Waals surface area contributed by atoms with Crippen LogP contribution in [0.25, 0.3) is 6.08 Å². The van der Waals surface area contributed by atoms with Gasteiger partial charge in [0.25, 0.3) is 0 Å². The predicted molar refractivity (Wildman–Crippen MR) is 124 cm³/mol. The number of ether oxygens (including phenoxy) is 2. The largest absolute Gasteiger partial charge is 0.462 e. The van der Waals surface area contributed by atoms with Gasteiger partial charge in [0.1, 0.15) is 9.88 Å². The Morgan fingerprint density at radius 1 is 1.00 bits per heavy atom.